The molecule has 0 radical (unpaired) electrons. The standard InChI is InChI=1S/C15H16ClNO2S/c1-10(14-3-2-8-20-14)15(19)17-9-13(18)11-4-6-12(16)7-5-11/h2-8,10,13,18H,9H2,1H3,(H,17,19). The van der Waals surface area contributed by atoms with E-state index in [4.69, 9.17) is 11.6 Å². The quantitative estimate of drug-likeness (QED) is 0.890. The topological polar surface area (TPSA) is 49.3 Å². The third-order valence-electron chi connectivity index (χ3n) is 3.09. The van der Waals surface area contributed by atoms with Crippen LogP contribution in [0.3, 0.4) is 0 Å². The van der Waals surface area contributed by atoms with Crippen LogP contribution in [0.1, 0.15) is 29.4 Å². The van der Waals surface area contributed by atoms with E-state index in [0.29, 0.717) is 5.02 Å². The maximum absolute atomic E-state index is 12.0. The Labute approximate surface area is 127 Å². The van der Waals surface area contributed by atoms with Gasteiger partial charge in [0.1, 0.15) is 0 Å². The molecule has 1 aromatic heterocycles. The second-order valence-corrected chi connectivity index (χ2v) is 5.97. The van der Waals surface area contributed by atoms with Crippen LogP contribution < -0.4 is 5.32 Å². The zero-order valence-corrected chi connectivity index (χ0v) is 12.6. The molecule has 5 heteroatoms. The van der Waals surface area contributed by atoms with Gasteiger partial charge in [-0.3, -0.25) is 4.79 Å². The molecule has 0 aliphatic heterocycles. The second-order valence-electron chi connectivity index (χ2n) is 4.55. The number of amides is 1. The number of hydrogen-bond donors (Lipinski definition) is 2. The summed E-state index contributed by atoms with van der Waals surface area (Å²) in [7, 11) is 0. The number of rotatable bonds is 5. The Hall–Kier alpha value is -1.36. The molecule has 106 valence electrons. The van der Waals surface area contributed by atoms with Crippen molar-refractivity contribution in [2.24, 2.45) is 0 Å². The number of carbonyl (C=O) groups is 1. The monoisotopic (exact) mass is 309 g/mol. The fourth-order valence-corrected chi connectivity index (χ4v) is 2.73. The van der Waals surface area contributed by atoms with Crippen molar-refractivity contribution in [3.05, 3.63) is 57.2 Å². The van der Waals surface area contributed by atoms with Gasteiger partial charge in [0.2, 0.25) is 5.91 Å². The zero-order valence-electron chi connectivity index (χ0n) is 11.0. The van der Waals surface area contributed by atoms with Crippen molar-refractivity contribution in [3.8, 4) is 0 Å². The molecule has 2 rings (SSSR count). The summed E-state index contributed by atoms with van der Waals surface area (Å²) in [5, 5.41) is 15.4. The lowest BCUT2D eigenvalue weighted by atomic mass is 10.1. The number of hydrogen-bond acceptors (Lipinski definition) is 3. The first-order chi connectivity index (χ1) is 9.58. The molecular weight excluding hydrogens is 294 g/mol. The number of halogens is 1. The third kappa shape index (κ3) is 3.82. The van der Waals surface area contributed by atoms with Gasteiger partial charge in [-0.2, -0.15) is 0 Å². The first kappa shape index (κ1) is 15.0. The molecule has 2 atom stereocenters. The van der Waals surface area contributed by atoms with Gasteiger partial charge in [0, 0.05) is 16.4 Å². The van der Waals surface area contributed by atoms with Crippen molar-refractivity contribution in [2.45, 2.75) is 18.9 Å². The van der Waals surface area contributed by atoms with E-state index in [1.807, 2.05) is 24.4 Å². The lowest BCUT2D eigenvalue weighted by Crippen LogP contribution is -2.31. The summed E-state index contributed by atoms with van der Waals surface area (Å²) in [5.41, 5.74) is 0.735. The van der Waals surface area contributed by atoms with E-state index < -0.39 is 6.10 Å². The minimum absolute atomic E-state index is 0.0829. The van der Waals surface area contributed by atoms with E-state index in [1.54, 1.807) is 35.6 Å². The largest absolute Gasteiger partial charge is 0.387 e. The number of nitrogens with one attached hydrogen (secondary N) is 1. The van der Waals surface area contributed by atoms with Crippen LogP contribution in [0.2, 0.25) is 5.02 Å². The molecular formula is C15H16ClNO2S. The van der Waals surface area contributed by atoms with Gasteiger partial charge < -0.3 is 10.4 Å². The minimum Gasteiger partial charge on any atom is -0.387 e. The molecule has 0 spiro atoms. The van der Waals surface area contributed by atoms with Gasteiger partial charge in [-0.25, -0.2) is 0 Å². The Morgan fingerprint density at radius 3 is 2.65 bits per heavy atom. The molecule has 0 aliphatic rings. The van der Waals surface area contributed by atoms with E-state index in [0.717, 1.165) is 10.4 Å². The highest BCUT2D eigenvalue weighted by molar-refractivity contribution is 7.10. The Morgan fingerprint density at radius 2 is 2.05 bits per heavy atom. The van der Waals surface area contributed by atoms with E-state index in [1.165, 1.54) is 0 Å². The molecule has 0 saturated heterocycles. The molecule has 1 aromatic carbocycles. The Balaban J connectivity index is 1.88. The van der Waals surface area contributed by atoms with Crippen molar-refractivity contribution >= 4 is 28.8 Å². The molecule has 20 heavy (non-hydrogen) atoms. The average molecular weight is 310 g/mol. The van der Waals surface area contributed by atoms with Gasteiger partial charge in [0.25, 0.3) is 0 Å². The summed E-state index contributed by atoms with van der Waals surface area (Å²) in [5.74, 6) is -0.284. The Morgan fingerprint density at radius 1 is 1.35 bits per heavy atom. The SMILES string of the molecule is CC(C(=O)NCC(O)c1ccc(Cl)cc1)c1cccs1. The molecule has 1 heterocycles. The highest BCUT2D eigenvalue weighted by Gasteiger charge is 2.17. The summed E-state index contributed by atoms with van der Waals surface area (Å²) >= 11 is 7.35. The fourth-order valence-electron chi connectivity index (χ4n) is 1.82. The van der Waals surface area contributed by atoms with Gasteiger partial charge in [-0.15, -0.1) is 11.3 Å². The molecule has 0 bridgehead atoms. The lowest BCUT2D eigenvalue weighted by Gasteiger charge is -2.15. The van der Waals surface area contributed by atoms with Crippen LogP contribution in [0, 0.1) is 0 Å². The van der Waals surface area contributed by atoms with Gasteiger partial charge in [0.15, 0.2) is 0 Å². The van der Waals surface area contributed by atoms with Crippen LogP contribution in [0.5, 0.6) is 0 Å². The molecule has 3 nitrogen and oxygen atoms in total. The fraction of sp³-hybridized carbons (Fsp3) is 0.267. The summed E-state index contributed by atoms with van der Waals surface area (Å²) < 4.78 is 0. The maximum Gasteiger partial charge on any atom is 0.228 e. The minimum atomic E-state index is -0.730. The molecule has 1 amide bonds. The van der Waals surface area contributed by atoms with Crippen molar-refractivity contribution in [1.29, 1.82) is 0 Å². The van der Waals surface area contributed by atoms with E-state index in [9.17, 15) is 9.90 Å². The highest BCUT2D eigenvalue weighted by Crippen LogP contribution is 2.21. The van der Waals surface area contributed by atoms with Gasteiger partial charge in [-0.1, -0.05) is 29.8 Å². The van der Waals surface area contributed by atoms with E-state index >= 15 is 0 Å². The third-order valence-corrected chi connectivity index (χ3v) is 4.39. The average Bonchev–Trinajstić information content (AvgIpc) is 2.98. The van der Waals surface area contributed by atoms with Gasteiger partial charge >= 0.3 is 0 Å². The van der Waals surface area contributed by atoms with Crippen molar-refractivity contribution in [1.82, 2.24) is 5.32 Å². The number of aliphatic hydroxyl groups excluding tert-OH is 1. The summed E-state index contributed by atoms with van der Waals surface area (Å²) in [6.45, 7) is 2.05. The maximum atomic E-state index is 12.0. The number of aliphatic hydroxyl groups is 1. The summed E-state index contributed by atoms with van der Waals surface area (Å²) in [6.07, 6.45) is -0.730. The van der Waals surface area contributed by atoms with Crippen molar-refractivity contribution < 1.29 is 9.90 Å². The van der Waals surface area contributed by atoms with Crippen LogP contribution in [0.4, 0.5) is 0 Å². The summed E-state index contributed by atoms with van der Waals surface area (Å²) in [6, 6.07) is 10.8. The molecule has 0 aliphatic carbocycles. The van der Waals surface area contributed by atoms with Crippen LogP contribution >= 0.6 is 22.9 Å². The first-order valence-electron chi connectivity index (χ1n) is 6.32. The van der Waals surface area contributed by atoms with Crippen LogP contribution in [-0.2, 0) is 4.79 Å². The predicted octanol–water partition coefficient (Wildman–Crippen LogP) is 3.35. The Kier molecular flexibility index (Phi) is 5.17. The van der Waals surface area contributed by atoms with Crippen molar-refractivity contribution in [2.75, 3.05) is 6.54 Å². The molecule has 0 saturated carbocycles. The number of carbonyl (C=O) groups excluding carboxylic acids is 1. The lowest BCUT2D eigenvalue weighted by molar-refractivity contribution is -0.122. The smallest absolute Gasteiger partial charge is 0.228 e. The summed E-state index contributed by atoms with van der Waals surface area (Å²) in [4.78, 5) is 13.0. The van der Waals surface area contributed by atoms with E-state index in [2.05, 4.69) is 5.32 Å². The van der Waals surface area contributed by atoms with Crippen LogP contribution in [0.25, 0.3) is 0 Å². The predicted molar refractivity (Wildman–Crippen MR) is 82.2 cm³/mol. The molecule has 0 fully saturated rings. The molecule has 2 N–H and O–H groups in total. The van der Waals surface area contributed by atoms with Gasteiger partial charge in [0.05, 0.1) is 12.0 Å². The molecule has 2 aromatic rings. The Bertz CT molecular complexity index is 554. The second kappa shape index (κ2) is 6.88. The van der Waals surface area contributed by atoms with E-state index in [-0.39, 0.29) is 18.4 Å². The zero-order chi connectivity index (χ0) is 14.5. The highest BCUT2D eigenvalue weighted by atomic mass is 35.5. The number of benzene rings is 1. The number of thiophene rings is 1. The van der Waals surface area contributed by atoms with Gasteiger partial charge in [-0.05, 0) is 36.1 Å². The molecule has 2 unspecified atom stereocenters. The van der Waals surface area contributed by atoms with Crippen LogP contribution in [0.15, 0.2) is 41.8 Å². The normalized spacial score (nSPS) is 13.8. The first-order valence-corrected chi connectivity index (χ1v) is 7.58. The van der Waals surface area contributed by atoms with Crippen molar-refractivity contribution in [3.63, 3.8) is 0 Å². The van der Waals surface area contributed by atoms with Crippen LogP contribution in [-0.4, -0.2) is 17.6 Å².